The first-order valence-electron chi connectivity index (χ1n) is 6.37. The van der Waals surface area contributed by atoms with Crippen LogP contribution in [0.1, 0.15) is 34.7 Å². The SMILES string of the molecule is C=CCN1CCCC(c2cccc(C(=O)O)c2)C1. The number of hydrogen-bond donors (Lipinski definition) is 1. The largest absolute Gasteiger partial charge is 0.478 e. The number of rotatable bonds is 4. The maximum atomic E-state index is 11.0. The molecule has 1 unspecified atom stereocenters. The molecule has 1 N–H and O–H groups in total. The van der Waals surface area contributed by atoms with Gasteiger partial charge in [-0.05, 0) is 43.0 Å². The Hall–Kier alpha value is -1.61. The molecule has 2 rings (SSSR count). The van der Waals surface area contributed by atoms with E-state index in [9.17, 15) is 4.79 Å². The minimum atomic E-state index is -0.851. The predicted molar refractivity (Wildman–Crippen MR) is 72.0 cm³/mol. The zero-order chi connectivity index (χ0) is 13.0. The van der Waals surface area contributed by atoms with Crippen LogP contribution < -0.4 is 0 Å². The average molecular weight is 245 g/mol. The van der Waals surface area contributed by atoms with E-state index in [4.69, 9.17) is 5.11 Å². The van der Waals surface area contributed by atoms with Crippen LogP contribution in [-0.4, -0.2) is 35.6 Å². The summed E-state index contributed by atoms with van der Waals surface area (Å²) in [6, 6.07) is 7.33. The fourth-order valence-corrected chi connectivity index (χ4v) is 2.60. The summed E-state index contributed by atoms with van der Waals surface area (Å²) in [5.74, 6) is -0.409. The number of hydrogen-bond acceptors (Lipinski definition) is 2. The average Bonchev–Trinajstić information content (AvgIpc) is 2.39. The lowest BCUT2D eigenvalue weighted by atomic mass is 9.89. The molecule has 1 fully saturated rings. The number of benzene rings is 1. The lowest BCUT2D eigenvalue weighted by Crippen LogP contribution is -2.34. The summed E-state index contributed by atoms with van der Waals surface area (Å²) >= 11 is 0. The predicted octanol–water partition coefficient (Wildman–Crippen LogP) is 2.75. The first kappa shape index (κ1) is 12.8. The molecule has 0 radical (unpaired) electrons. The highest BCUT2D eigenvalue weighted by molar-refractivity contribution is 5.87. The summed E-state index contributed by atoms with van der Waals surface area (Å²) in [5, 5.41) is 9.02. The lowest BCUT2D eigenvalue weighted by molar-refractivity contribution is 0.0696. The molecule has 1 aromatic rings. The van der Waals surface area contributed by atoms with Crippen LogP contribution in [-0.2, 0) is 0 Å². The zero-order valence-corrected chi connectivity index (χ0v) is 10.5. The minimum absolute atomic E-state index is 0.383. The molecule has 3 nitrogen and oxygen atoms in total. The van der Waals surface area contributed by atoms with Gasteiger partial charge in [-0.2, -0.15) is 0 Å². The standard InChI is InChI=1S/C15H19NO2/c1-2-8-16-9-4-7-14(11-16)12-5-3-6-13(10-12)15(17)18/h2-3,5-6,10,14H,1,4,7-9,11H2,(H,17,18). The van der Waals surface area contributed by atoms with Crippen molar-refractivity contribution >= 4 is 5.97 Å². The highest BCUT2D eigenvalue weighted by atomic mass is 16.4. The summed E-state index contributed by atoms with van der Waals surface area (Å²) in [6.07, 6.45) is 4.22. The summed E-state index contributed by atoms with van der Waals surface area (Å²) in [7, 11) is 0. The monoisotopic (exact) mass is 245 g/mol. The molecule has 1 atom stereocenters. The fraction of sp³-hybridized carbons (Fsp3) is 0.400. The van der Waals surface area contributed by atoms with Crippen LogP contribution >= 0.6 is 0 Å². The van der Waals surface area contributed by atoms with E-state index in [1.165, 1.54) is 0 Å². The van der Waals surface area contributed by atoms with Gasteiger partial charge in [0.15, 0.2) is 0 Å². The molecule has 18 heavy (non-hydrogen) atoms. The van der Waals surface area contributed by atoms with Crippen molar-refractivity contribution in [3.05, 3.63) is 48.0 Å². The molecule has 0 aromatic heterocycles. The first-order chi connectivity index (χ1) is 8.70. The number of carboxylic acids is 1. The van der Waals surface area contributed by atoms with Crippen molar-refractivity contribution in [2.75, 3.05) is 19.6 Å². The summed E-state index contributed by atoms with van der Waals surface area (Å²) in [6.45, 7) is 6.79. The highest BCUT2D eigenvalue weighted by Crippen LogP contribution is 2.27. The van der Waals surface area contributed by atoms with E-state index in [0.29, 0.717) is 11.5 Å². The Balaban J connectivity index is 2.12. The smallest absolute Gasteiger partial charge is 0.335 e. The second-order valence-corrected chi connectivity index (χ2v) is 4.82. The van der Waals surface area contributed by atoms with E-state index >= 15 is 0 Å². The second kappa shape index (κ2) is 5.83. The normalized spacial score (nSPS) is 20.6. The van der Waals surface area contributed by atoms with Crippen LogP contribution in [0.25, 0.3) is 0 Å². The molecule has 0 aliphatic carbocycles. The van der Waals surface area contributed by atoms with E-state index in [1.807, 2.05) is 24.3 Å². The fourth-order valence-electron chi connectivity index (χ4n) is 2.60. The number of carboxylic acid groups (broad SMARTS) is 1. The van der Waals surface area contributed by atoms with Crippen LogP contribution in [0.5, 0.6) is 0 Å². The Morgan fingerprint density at radius 3 is 3.11 bits per heavy atom. The van der Waals surface area contributed by atoms with Gasteiger partial charge in [0.1, 0.15) is 0 Å². The summed E-state index contributed by atoms with van der Waals surface area (Å²) in [4.78, 5) is 13.3. The molecule has 0 bridgehead atoms. The van der Waals surface area contributed by atoms with Gasteiger partial charge >= 0.3 is 5.97 Å². The van der Waals surface area contributed by atoms with Gasteiger partial charge in [0.05, 0.1) is 5.56 Å². The number of nitrogens with zero attached hydrogens (tertiary/aromatic N) is 1. The van der Waals surface area contributed by atoms with Gasteiger partial charge in [0.25, 0.3) is 0 Å². The molecule has 1 saturated heterocycles. The highest BCUT2D eigenvalue weighted by Gasteiger charge is 2.21. The molecule has 96 valence electrons. The zero-order valence-electron chi connectivity index (χ0n) is 10.5. The Morgan fingerprint density at radius 1 is 1.56 bits per heavy atom. The number of carbonyl (C=O) groups is 1. The van der Waals surface area contributed by atoms with Gasteiger partial charge < -0.3 is 5.11 Å². The molecule has 3 heteroatoms. The van der Waals surface area contributed by atoms with E-state index in [1.54, 1.807) is 6.07 Å². The van der Waals surface area contributed by atoms with E-state index < -0.39 is 5.97 Å². The number of aromatic carboxylic acids is 1. The van der Waals surface area contributed by atoms with E-state index in [-0.39, 0.29) is 0 Å². The van der Waals surface area contributed by atoms with Gasteiger partial charge in [-0.3, -0.25) is 4.90 Å². The van der Waals surface area contributed by atoms with Crippen molar-refractivity contribution < 1.29 is 9.90 Å². The Kier molecular flexibility index (Phi) is 4.15. The van der Waals surface area contributed by atoms with Crippen molar-refractivity contribution in [2.45, 2.75) is 18.8 Å². The molecule has 0 spiro atoms. The molecule has 1 aliphatic rings. The lowest BCUT2D eigenvalue weighted by Gasteiger charge is -2.32. The maximum absolute atomic E-state index is 11.0. The summed E-state index contributed by atoms with van der Waals surface area (Å²) < 4.78 is 0. The van der Waals surface area contributed by atoms with Crippen molar-refractivity contribution in [3.63, 3.8) is 0 Å². The topological polar surface area (TPSA) is 40.5 Å². The van der Waals surface area contributed by atoms with Gasteiger partial charge in [0, 0.05) is 13.1 Å². The molecular formula is C15H19NO2. The summed E-state index contributed by atoms with van der Waals surface area (Å²) in [5.41, 5.74) is 1.53. The van der Waals surface area contributed by atoms with E-state index in [2.05, 4.69) is 11.5 Å². The molecule has 0 amide bonds. The van der Waals surface area contributed by atoms with Gasteiger partial charge in [0.2, 0.25) is 0 Å². The molecule has 1 aromatic carbocycles. The quantitative estimate of drug-likeness (QED) is 0.829. The van der Waals surface area contributed by atoms with E-state index in [0.717, 1.165) is 38.0 Å². The number of piperidine rings is 1. The third-order valence-electron chi connectivity index (χ3n) is 3.50. The van der Waals surface area contributed by atoms with Crippen LogP contribution in [0.3, 0.4) is 0 Å². The third-order valence-corrected chi connectivity index (χ3v) is 3.50. The molecule has 1 aliphatic heterocycles. The van der Waals surface area contributed by atoms with Gasteiger partial charge in [-0.15, -0.1) is 6.58 Å². The Morgan fingerprint density at radius 2 is 2.39 bits per heavy atom. The van der Waals surface area contributed by atoms with Crippen LogP contribution in [0.2, 0.25) is 0 Å². The molecule has 1 heterocycles. The second-order valence-electron chi connectivity index (χ2n) is 4.82. The van der Waals surface area contributed by atoms with Crippen LogP contribution in [0.15, 0.2) is 36.9 Å². The van der Waals surface area contributed by atoms with Crippen molar-refractivity contribution in [3.8, 4) is 0 Å². The third kappa shape index (κ3) is 2.99. The molecular weight excluding hydrogens is 226 g/mol. The van der Waals surface area contributed by atoms with Crippen molar-refractivity contribution in [1.82, 2.24) is 4.90 Å². The Labute approximate surface area is 108 Å². The number of likely N-dealkylation sites (tertiary alicyclic amines) is 1. The first-order valence-corrected chi connectivity index (χ1v) is 6.37. The van der Waals surface area contributed by atoms with Gasteiger partial charge in [-0.1, -0.05) is 18.2 Å². The van der Waals surface area contributed by atoms with Crippen molar-refractivity contribution in [1.29, 1.82) is 0 Å². The minimum Gasteiger partial charge on any atom is -0.478 e. The van der Waals surface area contributed by atoms with Crippen molar-refractivity contribution in [2.24, 2.45) is 0 Å². The molecule has 0 saturated carbocycles. The Bertz CT molecular complexity index is 442. The maximum Gasteiger partial charge on any atom is 0.335 e. The van der Waals surface area contributed by atoms with Crippen LogP contribution in [0.4, 0.5) is 0 Å². The van der Waals surface area contributed by atoms with Gasteiger partial charge in [-0.25, -0.2) is 4.79 Å². The van der Waals surface area contributed by atoms with Crippen LogP contribution in [0, 0.1) is 0 Å².